The molecule has 1 N–H and O–H groups in total. The molecule has 1 aromatic heterocycles. The van der Waals surface area contributed by atoms with Gasteiger partial charge >= 0.3 is 10.3 Å². The number of nitrogens with one attached hydrogen (secondary N) is 1. The van der Waals surface area contributed by atoms with Gasteiger partial charge < -0.3 is 4.42 Å². The highest BCUT2D eigenvalue weighted by atomic mass is 32.2. The van der Waals surface area contributed by atoms with E-state index >= 15 is 0 Å². The number of benzene rings is 1. The summed E-state index contributed by atoms with van der Waals surface area (Å²) in [7, 11) is -3.74. The van der Waals surface area contributed by atoms with Crippen molar-refractivity contribution < 1.29 is 17.0 Å². The van der Waals surface area contributed by atoms with Crippen LogP contribution in [-0.4, -0.2) is 15.0 Å². The molecule has 0 aliphatic carbocycles. The third kappa shape index (κ3) is 1.74. The van der Waals surface area contributed by atoms with E-state index in [-0.39, 0.29) is 6.61 Å². The highest BCUT2D eigenvalue weighted by Gasteiger charge is 2.47. The summed E-state index contributed by atoms with van der Waals surface area (Å²) in [5.41, 5.74) is -0.204. The Morgan fingerprint density at radius 1 is 1.11 bits per heavy atom. The Morgan fingerprint density at radius 2 is 1.89 bits per heavy atom. The summed E-state index contributed by atoms with van der Waals surface area (Å²) in [6.45, 7) is -0.0210. The fourth-order valence-electron chi connectivity index (χ4n) is 2.09. The van der Waals surface area contributed by atoms with E-state index < -0.39 is 15.8 Å². The molecule has 1 unspecified atom stereocenters. The maximum atomic E-state index is 11.5. The normalized spacial score (nSPS) is 26.2. The molecule has 0 saturated carbocycles. The molecular weight excluding hydrogens is 254 g/mol. The van der Waals surface area contributed by atoms with Gasteiger partial charge in [-0.2, -0.15) is 13.1 Å². The van der Waals surface area contributed by atoms with E-state index in [1.165, 1.54) is 6.26 Å². The summed E-state index contributed by atoms with van der Waals surface area (Å²) in [5, 5.41) is 0. The summed E-state index contributed by atoms with van der Waals surface area (Å²) in [4.78, 5) is 0. The molecule has 0 radical (unpaired) electrons. The fraction of sp³-hybridized carbons (Fsp3) is 0.167. The molecule has 1 aliphatic heterocycles. The van der Waals surface area contributed by atoms with Gasteiger partial charge in [-0.3, -0.25) is 4.18 Å². The fourth-order valence-corrected chi connectivity index (χ4v) is 3.18. The standard InChI is InChI=1S/C12H11NO4S/c14-18(15)13-12(9-17-18,11-7-4-8-16-11)10-5-2-1-3-6-10/h1-8,13H,9H2. The van der Waals surface area contributed by atoms with Crippen molar-refractivity contribution in [2.24, 2.45) is 0 Å². The van der Waals surface area contributed by atoms with E-state index in [9.17, 15) is 8.42 Å². The summed E-state index contributed by atoms with van der Waals surface area (Å²) in [6.07, 6.45) is 1.51. The van der Waals surface area contributed by atoms with Crippen LogP contribution < -0.4 is 4.72 Å². The number of hydrogen-bond donors (Lipinski definition) is 1. The molecule has 1 fully saturated rings. The van der Waals surface area contributed by atoms with E-state index in [2.05, 4.69) is 4.72 Å². The van der Waals surface area contributed by atoms with Crippen LogP contribution in [0.5, 0.6) is 0 Å². The van der Waals surface area contributed by atoms with Crippen molar-refractivity contribution in [2.75, 3.05) is 6.61 Å². The summed E-state index contributed by atoms with van der Waals surface area (Å²) < 4.78 is 35.8. The number of rotatable bonds is 2. The van der Waals surface area contributed by atoms with Crippen LogP contribution in [0.3, 0.4) is 0 Å². The zero-order valence-corrected chi connectivity index (χ0v) is 10.2. The van der Waals surface area contributed by atoms with Gasteiger partial charge in [0, 0.05) is 0 Å². The molecule has 0 bridgehead atoms. The number of furan rings is 1. The van der Waals surface area contributed by atoms with Gasteiger partial charge in [-0.1, -0.05) is 30.3 Å². The predicted molar refractivity (Wildman–Crippen MR) is 63.9 cm³/mol. The van der Waals surface area contributed by atoms with Crippen molar-refractivity contribution in [2.45, 2.75) is 5.54 Å². The first kappa shape index (κ1) is 11.5. The lowest BCUT2D eigenvalue weighted by Gasteiger charge is -2.24. The maximum absolute atomic E-state index is 11.5. The van der Waals surface area contributed by atoms with Crippen LogP contribution in [0.25, 0.3) is 0 Å². The molecule has 1 saturated heterocycles. The quantitative estimate of drug-likeness (QED) is 0.891. The summed E-state index contributed by atoms with van der Waals surface area (Å²) >= 11 is 0. The Morgan fingerprint density at radius 3 is 2.44 bits per heavy atom. The average Bonchev–Trinajstić information content (AvgIpc) is 2.98. The third-order valence-electron chi connectivity index (χ3n) is 2.94. The zero-order valence-electron chi connectivity index (χ0n) is 9.37. The average molecular weight is 265 g/mol. The molecule has 94 valence electrons. The smallest absolute Gasteiger partial charge is 0.337 e. The first-order valence-corrected chi connectivity index (χ1v) is 6.81. The highest BCUT2D eigenvalue weighted by molar-refractivity contribution is 7.85. The van der Waals surface area contributed by atoms with Gasteiger partial charge in [0.05, 0.1) is 12.9 Å². The lowest BCUT2D eigenvalue weighted by Crippen LogP contribution is -2.41. The Kier molecular flexibility index (Phi) is 2.51. The Hall–Kier alpha value is -1.63. The largest absolute Gasteiger partial charge is 0.467 e. The monoisotopic (exact) mass is 265 g/mol. The Labute approximate surface area is 105 Å². The van der Waals surface area contributed by atoms with Gasteiger partial charge in [0.2, 0.25) is 0 Å². The maximum Gasteiger partial charge on any atom is 0.337 e. The molecule has 1 aromatic carbocycles. The molecule has 6 heteroatoms. The first-order valence-electron chi connectivity index (χ1n) is 5.40. The van der Waals surface area contributed by atoms with Crippen LogP contribution in [0, 0.1) is 0 Å². The molecule has 1 atom stereocenters. The second-order valence-corrected chi connectivity index (χ2v) is 5.42. The minimum atomic E-state index is -3.74. The van der Waals surface area contributed by atoms with Gasteiger partial charge in [-0.05, 0) is 17.7 Å². The molecule has 0 amide bonds. The van der Waals surface area contributed by atoms with Gasteiger partial charge in [0.15, 0.2) is 0 Å². The van der Waals surface area contributed by atoms with Gasteiger partial charge in [-0.15, -0.1) is 0 Å². The van der Waals surface area contributed by atoms with Crippen molar-refractivity contribution in [3.05, 3.63) is 60.1 Å². The number of hydrogen-bond acceptors (Lipinski definition) is 4. The van der Waals surface area contributed by atoms with Crippen LogP contribution in [-0.2, 0) is 20.0 Å². The Bertz CT molecular complexity index is 636. The van der Waals surface area contributed by atoms with Crippen LogP contribution >= 0.6 is 0 Å². The van der Waals surface area contributed by atoms with Gasteiger partial charge in [-0.25, -0.2) is 0 Å². The zero-order chi connectivity index (χ0) is 12.6. The second-order valence-electron chi connectivity index (χ2n) is 4.07. The predicted octanol–water partition coefficient (Wildman–Crippen LogP) is 1.39. The minimum Gasteiger partial charge on any atom is -0.467 e. The van der Waals surface area contributed by atoms with Crippen molar-refractivity contribution in [1.82, 2.24) is 4.72 Å². The molecule has 2 aromatic rings. The van der Waals surface area contributed by atoms with E-state index in [0.29, 0.717) is 5.76 Å². The van der Waals surface area contributed by atoms with Crippen LogP contribution in [0.1, 0.15) is 11.3 Å². The SMILES string of the molecule is O=S1(=O)NC(c2ccccc2)(c2ccco2)CO1. The van der Waals surface area contributed by atoms with Crippen molar-refractivity contribution in [3.63, 3.8) is 0 Å². The van der Waals surface area contributed by atoms with Gasteiger partial charge in [0.1, 0.15) is 11.3 Å². The van der Waals surface area contributed by atoms with E-state index in [1.54, 1.807) is 12.1 Å². The van der Waals surface area contributed by atoms with Crippen LogP contribution in [0.4, 0.5) is 0 Å². The van der Waals surface area contributed by atoms with Gasteiger partial charge in [0.25, 0.3) is 0 Å². The van der Waals surface area contributed by atoms with E-state index in [0.717, 1.165) is 5.56 Å². The van der Waals surface area contributed by atoms with E-state index in [4.69, 9.17) is 8.60 Å². The molecule has 2 heterocycles. The van der Waals surface area contributed by atoms with Crippen LogP contribution in [0.15, 0.2) is 53.1 Å². The summed E-state index contributed by atoms with van der Waals surface area (Å²) in [6, 6.07) is 12.7. The van der Waals surface area contributed by atoms with E-state index in [1.807, 2.05) is 30.3 Å². The highest BCUT2D eigenvalue weighted by Crippen LogP contribution is 2.35. The third-order valence-corrected chi connectivity index (χ3v) is 3.96. The summed E-state index contributed by atoms with van der Waals surface area (Å²) in [5.74, 6) is 0.509. The lowest BCUT2D eigenvalue weighted by atomic mass is 9.89. The molecule has 5 nitrogen and oxygen atoms in total. The Balaban J connectivity index is 2.17. The second kappa shape index (κ2) is 3.94. The molecule has 1 aliphatic rings. The van der Waals surface area contributed by atoms with Crippen molar-refractivity contribution in [1.29, 1.82) is 0 Å². The van der Waals surface area contributed by atoms with Crippen molar-refractivity contribution >= 4 is 10.3 Å². The van der Waals surface area contributed by atoms with Crippen molar-refractivity contribution in [3.8, 4) is 0 Å². The lowest BCUT2D eigenvalue weighted by molar-refractivity contribution is 0.271. The first-order chi connectivity index (χ1) is 8.62. The molecule has 3 rings (SSSR count). The molecular formula is C12H11NO4S. The molecule has 0 spiro atoms. The minimum absolute atomic E-state index is 0.0210. The molecule has 18 heavy (non-hydrogen) atoms. The topological polar surface area (TPSA) is 68.5 Å². The van der Waals surface area contributed by atoms with Crippen LogP contribution in [0.2, 0.25) is 0 Å².